The summed E-state index contributed by atoms with van der Waals surface area (Å²) in [6, 6.07) is 2.65. The van der Waals surface area contributed by atoms with Gasteiger partial charge < -0.3 is 25.5 Å². The van der Waals surface area contributed by atoms with Gasteiger partial charge in [0.1, 0.15) is 0 Å². The molecule has 0 saturated carbocycles. The van der Waals surface area contributed by atoms with Crippen LogP contribution in [0.5, 0.6) is 0 Å². The highest BCUT2D eigenvalue weighted by Crippen LogP contribution is 2.09. The zero-order valence-electron chi connectivity index (χ0n) is 11.1. The molecule has 1 fully saturated rings. The Morgan fingerprint density at radius 3 is 2.85 bits per heavy atom. The number of hydrogen-bond donors (Lipinski definition) is 3. The van der Waals surface area contributed by atoms with Gasteiger partial charge in [-0.1, -0.05) is 0 Å². The first-order valence-corrected chi connectivity index (χ1v) is 6.61. The average molecular weight is 282 g/mol. The molecule has 0 aromatic carbocycles. The molecule has 8 nitrogen and oxygen atoms in total. The zero-order valence-corrected chi connectivity index (χ0v) is 11.1. The summed E-state index contributed by atoms with van der Waals surface area (Å²) in [6.07, 6.45) is 2.22. The summed E-state index contributed by atoms with van der Waals surface area (Å²) in [4.78, 5) is 24.1. The topological polar surface area (TPSA) is 109 Å². The molecule has 20 heavy (non-hydrogen) atoms. The Hall–Kier alpha value is -1.93. The third-order valence-corrected chi connectivity index (χ3v) is 3.14. The number of rotatable bonds is 6. The van der Waals surface area contributed by atoms with E-state index < -0.39 is 4.92 Å². The Balaban J connectivity index is 1.67. The van der Waals surface area contributed by atoms with E-state index in [4.69, 9.17) is 4.74 Å². The Morgan fingerprint density at radius 1 is 1.45 bits per heavy atom. The molecular formula is C12H18N4O4. The van der Waals surface area contributed by atoms with Gasteiger partial charge in [-0.05, 0) is 36.9 Å². The molecule has 0 bridgehead atoms. The van der Waals surface area contributed by atoms with Gasteiger partial charge in [-0.15, -0.1) is 0 Å². The number of ether oxygens (including phenoxy) is 1. The number of carbonyl (C=O) groups excluding carboxylic acids is 1. The molecule has 1 aromatic rings. The molecule has 0 aliphatic carbocycles. The van der Waals surface area contributed by atoms with Crippen molar-refractivity contribution < 1.29 is 14.5 Å². The second-order valence-corrected chi connectivity index (χ2v) is 4.59. The number of hydrogen-bond acceptors (Lipinski definition) is 5. The van der Waals surface area contributed by atoms with Crippen molar-refractivity contribution in [1.82, 2.24) is 15.6 Å². The van der Waals surface area contributed by atoms with Crippen molar-refractivity contribution in [2.45, 2.75) is 18.9 Å². The molecule has 3 N–H and O–H groups in total. The van der Waals surface area contributed by atoms with Crippen LogP contribution in [-0.4, -0.2) is 48.2 Å². The quantitative estimate of drug-likeness (QED) is 0.398. The summed E-state index contributed by atoms with van der Waals surface area (Å²) in [6.45, 7) is 2.75. The number of carbonyl (C=O) groups is 1. The third kappa shape index (κ3) is 4.04. The molecule has 0 unspecified atom stereocenters. The molecule has 2 rings (SSSR count). The minimum absolute atomic E-state index is 0.179. The van der Waals surface area contributed by atoms with Gasteiger partial charge in [0.2, 0.25) is 0 Å². The highest BCUT2D eigenvalue weighted by molar-refractivity contribution is 5.92. The van der Waals surface area contributed by atoms with Gasteiger partial charge in [-0.3, -0.25) is 4.79 Å². The normalized spacial score (nSPS) is 16.0. The molecule has 1 amide bonds. The van der Waals surface area contributed by atoms with E-state index in [-0.39, 0.29) is 23.5 Å². The van der Waals surface area contributed by atoms with Crippen LogP contribution in [0.2, 0.25) is 0 Å². The lowest BCUT2D eigenvalue weighted by Crippen LogP contribution is -2.34. The number of aromatic amines is 1. The van der Waals surface area contributed by atoms with Crippen LogP contribution < -0.4 is 10.6 Å². The molecule has 1 aliphatic rings. The molecule has 2 heterocycles. The summed E-state index contributed by atoms with van der Waals surface area (Å²) in [7, 11) is 0. The van der Waals surface area contributed by atoms with Gasteiger partial charge in [0.25, 0.3) is 5.91 Å². The number of H-pyrrole nitrogens is 1. The van der Waals surface area contributed by atoms with Crippen molar-refractivity contribution in [1.29, 1.82) is 0 Å². The van der Waals surface area contributed by atoms with Crippen LogP contribution in [0.3, 0.4) is 0 Å². The number of piperidine rings is 1. The van der Waals surface area contributed by atoms with E-state index in [9.17, 15) is 14.9 Å². The lowest BCUT2D eigenvalue weighted by Gasteiger charge is -2.22. The van der Waals surface area contributed by atoms with E-state index in [0.29, 0.717) is 13.2 Å². The fourth-order valence-electron chi connectivity index (χ4n) is 2.07. The second kappa shape index (κ2) is 7.01. The first-order valence-electron chi connectivity index (χ1n) is 6.61. The standard InChI is InChI=1S/C12H18N4O4/c17-12(10-1-2-11(15-10)16(18)19)14-7-8-20-9-3-5-13-6-4-9/h1-2,9,13,15H,3-8H2,(H,14,17). The predicted octanol–water partition coefficient (Wildman–Crippen LogP) is 0.421. The van der Waals surface area contributed by atoms with Crippen molar-refractivity contribution in [2.75, 3.05) is 26.2 Å². The maximum absolute atomic E-state index is 11.7. The van der Waals surface area contributed by atoms with Gasteiger partial charge in [0.05, 0.1) is 12.7 Å². The molecule has 0 spiro atoms. The Bertz CT molecular complexity index is 468. The first kappa shape index (κ1) is 14.5. The summed E-state index contributed by atoms with van der Waals surface area (Å²) in [5.41, 5.74) is 0.179. The van der Waals surface area contributed by atoms with Crippen molar-refractivity contribution in [3.8, 4) is 0 Å². The Morgan fingerprint density at radius 2 is 2.20 bits per heavy atom. The first-order chi connectivity index (χ1) is 9.66. The van der Waals surface area contributed by atoms with Gasteiger partial charge in [-0.25, -0.2) is 4.98 Å². The van der Waals surface area contributed by atoms with Crippen LogP contribution >= 0.6 is 0 Å². The van der Waals surface area contributed by atoms with Crippen LogP contribution in [-0.2, 0) is 4.74 Å². The second-order valence-electron chi connectivity index (χ2n) is 4.59. The summed E-state index contributed by atoms with van der Waals surface area (Å²) in [5, 5.41) is 16.4. The van der Waals surface area contributed by atoms with Crippen molar-refractivity contribution in [3.63, 3.8) is 0 Å². The molecule has 1 saturated heterocycles. The summed E-state index contributed by atoms with van der Waals surface area (Å²) < 4.78 is 5.64. The lowest BCUT2D eigenvalue weighted by molar-refractivity contribution is -0.389. The maximum atomic E-state index is 11.7. The summed E-state index contributed by atoms with van der Waals surface area (Å²) in [5.74, 6) is -0.562. The predicted molar refractivity (Wildman–Crippen MR) is 71.6 cm³/mol. The Kier molecular flexibility index (Phi) is 5.08. The highest BCUT2D eigenvalue weighted by Gasteiger charge is 2.16. The van der Waals surface area contributed by atoms with E-state index in [2.05, 4.69) is 15.6 Å². The van der Waals surface area contributed by atoms with Crippen molar-refractivity contribution >= 4 is 11.7 Å². The SMILES string of the molecule is O=C(NCCOC1CCNCC1)c1ccc([N+](=O)[O-])[nH]1. The number of nitrogens with zero attached hydrogens (tertiary/aromatic N) is 1. The number of nitro groups is 1. The average Bonchev–Trinajstić information content (AvgIpc) is 2.94. The Labute approximate surface area is 116 Å². The number of amides is 1. The van der Waals surface area contributed by atoms with Gasteiger partial charge >= 0.3 is 5.82 Å². The lowest BCUT2D eigenvalue weighted by atomic mass is 10.1. The zero-order chi connectivity index (χ0) is 14.4. The minimum Gasteiger partial charge on any atom is -0.376 e. The van der Waals surface area contributed by atoms with Crippen LogP contribution in [0, 0.1) is 10.1 Å². The fraction of sp³-hybridized carbons (Fsp3) is 0.583. The molecule has 110 valence electrons. The van der Waals surface area contributed by atoms with E-state index in [1.165, 1.54) is 12.1 Å². The van der Waals surface area contributed by atoms with Crippen molar-refractivity contribution in [2.24, 2.45) is 0 Å². The van der Waals surface area contributed by atoms with Crippen LogP contribution in [0.15, 0.2) is 12.1 Å². The van der Waals surface area contributed by atoms with Crippen LogP contribution in [0.25, 0.3) is 0 Å². The monoisotopic (exact) mass is 282 g/mol. The number of aromatic nitrogens is 1. The van der Waals surface area contributed by atoms with E-state index in [1.54, 1.807) is 0 Å². The van der Waals surface area contributed by atoms with Gasteiger partial charge in [-0.2, -0.15) is 0 Å². The van der Waals surface area contributed by atoms with Gasteiger partial charge in [0.15, 0.2) is 5.69 Å². The third-order valence-electron chi connectivity index (χ3n) is 3.14. The van der Waals surface area contributed by atoms with Gasteiger partial charge in [0, 0.05) is 12.6 Å². The molecule has 0 atom stereocenters. The van der Waals surface area contributed by atoms with Crippen LogP contribution in [0.1, 0.15) is 23.3 Å². The molecule has 0 radical (unpaired) electrons. The minimum atomic E-state index is -0.572. The van der Waals surface area contributed by atoms with E-state index >= 15 is 0 Å². The molecule has 1 aromatic heterocycles. The van der Waals surface area contributed by atoms with Crippen molar-refractivity contribution in [3.05, 3.63) is 27.9 Å². The smallest absolute Gasteiger partial charge is 0.321 e. The van der Waals surface area contributed by atoms with Crippen LogP contribution in [0.4, 0.5) is 5.82 Å². The maximum Gasteiger partial charge on any atom is 0.321 e. The number of nitrogens with one attached hydrogen (secondary N) is 3. The summed E-state index contributed by atoms with van der Waals surface area (Å²) >= 11 is 0. The molecule has 8 heteroatoms. The highest BCUT2D eigenvalue weighted by atomic mass is 16.6. The largest absolute Gasteiger partial charge is 0.376 e. The van der Waals surface area contributed by atoms with E-state index in [1.807, 2.05) is 0 Å². The fourth-order valence-corrected chi connectivity index (χ4v) is 2.07. The molecule has 1 aliphatic heterocycles. The molecular weight excluding hydrogens is 264 g/mol. The van der Waals surface area contributed by atoms with E-state index in [0.717, 1.165) is 25.9 Å².